The van der Waals surface area contributed by atoms with Crippen LogP contribution in [0.15, 0.2) is 33.8 Å². The molecule has 0 atom stereocenters. The van der Waals surface area contributed by atoms with E-state index < -0.39 is 15.1 Å². The van der Waals surface area contributed by atoms with Gasteiger partial charge >= 0.3 is 6.09 Å². The van der Waals surface area contributed by atoms with Crippen LogP contribution in [0.4, 0.5) is 4.79 Å². The van der Waals surface area contributed by atoms with Crippen LogP contribution in [0, 0.1) is 0 Å². The molecule has 1 aliphatic carbocycles. The summed E-state index contributed by atoms with van der Waals surface area (Å²) in [6, 6.07) is 5.49. The van der Waals surface area contributed by atoms with Gasteiger partial charge in [-0.2, -0.15) is 0 Å². The predicted molar refractivity (Wildman–Crippen MR) is 127 cm³/mol. The van der Waals surface area contributed by atoms with Gasteiger partial charge in [0, 0.05) is 28.2 Å². The van der Waals surface area contributed by atoms with Gasteiger partial charge in [-0.1, -0.05) is 22.0 Å². The lowest BCUT2D eigenvalue weighted by atomic mass is 9.86. The van der Waals surface area contributed by atoms with E-state index in [1.165, 1.54) is 0 Å². The topological polar surface area (TPSA) is 94.6 Å². The monoisotopic (exact) mass is 542 g/mol. The van der Waals surface area contributed by atoms with Crippen LogP contribution in [0.5, 0.6) is 0 Å². The first-order valence-electron chi connectivity index (χ1n) is 10.8. The molecule has 2 fully saturated rings. The van der Waals surface area contributed by atoms with Crippen molar-refractivity contribution in [2.45, 2.75) is 67.7 Å². The first kappa shape index (κ1) is 23.7. The number of thiazole rings is 1. The van der Waals surface area contributed by atoms with Gasteiger partial charge in [0.1, 0.15) is 5.25 Å². The van der Waals surface area contributed by atoms with E-state index in [2.05, 4.69) is 26.2 Å². The van der Waals surface area contributed by atoms with E-state index in [4.69, 9.17) is 9.47 Å². The van der Waals surface area contributed by atoms with Gasteiger partial charge in [-0.15, -0.1) is 11.3 Å². The summed E-state index contributed by atoms with van der Waals surface area (Å²) in [6.45, 7) is 4.14. The predicted octanol–water partition coefficient (Wildman–Crippen LogP) is 4.91. The highest BCUT2D eigenvalue weighted by atomic mass is 79.9. The maximum absolute atomic E-state index is 13.1. The molecule has 10 heteroatoms. The molecule has 1 aromatic carbocycles. The minimum Gasteiger partial charge on any atom is -0.447 e. The summed E-state index contributed by atoms with van der Waals surface area (Å²) < 4.78 is 37.2. The molecular weight excluding hydrogens is 516 g/mol. The third kappa shape index (κ3) is 5.18. The molecule has 32 heavy (non-hydrogen) atoms. The largest absolute Gasteiger partial charge is 0.447 e. The third-order valence-corrected chi connectivity index (χ3v) is 9.61. The van der Waals surface area contributed by atoms with Gasteiger partial charge in [0.05, 0.1) is 34.1 Å². The van der Waals surface area contributed by atoms with Gasteiger partial charge in [-0.05, 0) is 51.7 Å². The van der Waals surface area contributed by atoms with Crippen LogP contribution in [-0.4, -0.2) is 50.1 Å². The normalized spacial score (nSPS) is 21.9. The molecule has 1 aromatic heterocycles. The molecule has 1 saturated carbocycles. The van der Waals surface area contributed by atoms with E-state index in [-0.39, 0.29) is 31.5 Å². The number of carbonyl (C=O) groups is 1. The lowest BCUT2D eigenvalue weighted by Gasteiger charge is -2.28. The van der Waals surface area contributed by atoms with Crippen LogP contribution in [0.25, 0.3) is 10.4 Å². The quantitative estimate of drug-likeness (QED) is 0.557. The molecule has 2 heterocycles. The molecule has 1 N–H and O–H groups in total. The minimum absolute atomic E-state index is 0.116. The standard InChI is InChI=1S/C22H27BrN2O5S2/c1-13(2)30-22(26)25-16-6-3-14(4-7-16)21-24-10-19(31-21)18-8-5-15(23)9-20(18)32(27,28)17-11-29-12-17/h5,8-10,13-14,16-17H,3-4,6-7,11-12H2,1-2H3,(H,25,26). The SMILES string of the molecule is CC(C)OC(=O)NC1CCC(c2ncc(-c3ccc(Br)cc3S(=O)(=O)C3COC3)s2)CC1. The number of rotatable bonds is 6. The van der Waals surface area contributed by atoms with Crippen molar-refractivity contribution in [1.82, 2.24) is 10.3 Å². The Labute approximate surface area is 201 Å². The Morgan fingerprint density at radius 3 is 2.59 bits per heavy atom. The molecule has 1 amide bonds. The van der Waals surface area contributed by atoms with Crippen LogP contribution in [0.1, 0.15) is 50.5 Å². The van der Waals surface area contributed by atoms with Crippen molar-refractivity contribution >= 4 is 43.2 Å². The first-order valence-corrected chi connectivity index (χ1v) is 13.9. The lowest BCUT2D eigenvalue weighted by molar-refractivity contribution is 0.0416. The van der Waals surface area contributed by atoms with Crippen LogP contribution >= 0.6 is 27.3 Å². The molecule has 0 radical (unpaired) electrons. The fourth-order valence-corrected chi connectivity index (χ4v) is 7.40. The lowest BCUT2D eigenvalue weighted by Crippen LogP contribution is -2.40. The number of hydrogen-bond donors (Lipinski definition) is 1. The number of halogens is 1. The summed E-state index contributed by atoms with van der Waals surface area (Å²) in [5, 5.41) is 3.47. The number of hydrogen-bond acceptors (Lipinski definition) is 7. The Bertz CT molecular complexity index is 1070. The second kappa shape index (κ2) is 9.79. The molecule has 2 aromatic rings. The van der Waals surface area contributed by atoms with Crippen molar-refractivity contribution in [3.8, 4) is 10.4 Å². The van der Waals surface area contributed by atoms with Crippen LogP contribution in [0.3, 0.4) is 0 Å². The molecule has 2 aliphatic rings. The molecule has 0 bridgehead atoms. The van der Waals surface area contributed by atoms with E-state index in [1.54, 1.807) is 23.6 Å². The van der Waals surface area contributed by atoms with Crippen molar-refractivity contribution in [3.05, 3.63) is 33.9 Å². The van der Waals surface area contributed by atoms with E-state index in [0.29, 0.717) is 16.4 Å². The zero-order valence-electron chi connectivity index (χ0n) is 18.0. The Balaban J connectivity index is 1.47. The first-order chi connectivity index (χ1) is 15.2. The summed E-state index contributed by atoms with van der Waals surface area (Å²) in [7, 11) is -3.47. The second-order valence-corrected chi connectivity index (χ2v) is 12.7. The van der Waals surface area contributed by atoms with Gasteiger partial charge in [-0.25, -0.2) is 18.2 Å². The van der Waals surface area contributed by atoms with Gasteiger partial charge in [0.2, 0.25) is 0 Å². The smallest absolute Gasteiger partial charge is 0.407 e. The molecule has 0 unspecified atom stereocenters. The van der Waals surface area contributed by atoms with Gasteiger partial charge in [-0.3, -0.25) is 0 Å². The fraction of sp³-hybridized carbons (Fsp3) is 0.545. The summed E-state index contributed by atoms with van der Waals surface area (Å²) >= 11 is 4.96. The number of nitrogens with zero attached hydrogens (tertiary/aromatic N) is 1. The molecule has 4 rings (SSSR count). The van der Waals surface area contributed by atoms with Crippen molar-refractivity contribution in [1.29, 1.82) is 0 Å². The average molecular weight is 544 g/mol. The summed E-state index contributed by atoms with van der Waals surface area (Å²) in [5.41, 5.74) is 0.690. The molecule has 174 valence electrons. The number of alkyl carbamates (subject to hydrolysis) is 1. The minimum atomic E-state index is -3.47. The highest BCUT2D eigenvalue weighted by molar-refractivity contribution is 9.10. The van der Waals surface area contributed by atoms with Crippen molar-refractivity contribution in [3.63, 3.8) is 0 Å². The Morgan fingerprint density at radius 2 is 1.97 bits per heavy atom. The van der Waals surface area contributed by atoms with E-state index in [0.717, 1.165) is 40.0 Å². The molecule has 1 aliphatic heterocycles. The average Bonchev–Trinajstić information content (AvgIpc) is 3.16. The molecule has 1 saturated heterocycles. The van der Waals surface area contributed by atoms with Crippen LogP contribution in [0.2, 0.25) is 0 Å². The zero-order valence-corrected chi connectivity index (χ0v) is 21.3. The molecule has 0 spiro atoms. The van der Waals surface area contributed by atoms with Crippen molar-refractivity contribution in [2.75, 3.05) is 13.2 Å². The summed E-state index contributed by atoms with van der Waals surface area (Å²) in [4.78, 5) is 17.7. The van der Waals surface area contributed by atoms with Gasteiger partial charge in [0.15, 0.2) is 9.84 Å². The number of nitrogens with one attached hydrogen (secondary N) is 1. The molecule has 7 nitrogen and oxygen atoms in total. The maximum atomic E-state index is 13.1. The van der Waals surface area contributed by atoms with E-state index in [1.807, 2.05) is 26.0 Å². The zero-order chi connectivity index (χ0) is 22.9. The maximum Gasteiger partial charge on any atom is 0.407 e. The van der Waals surface area contributed by atoms with Crippen LogP contribution < -0.4 is 5.32 Å². The Hall–Kier alpha value is -1.49. The molecular formula is C22H27BrN2O5S2. The second-order valence-electron chi connectivity index (χ2n) is 8.55. The summed E-state index contributed by atoms with van der Waals surface area (Å²) in [6.07, 6.45) is 4.86. The Kier molecular flexibility index (Phi) is 7.24. The van der Waals surface area contributed by atoms with Crippen LogP contribution in [-0.2, 0) is 19.3 Å². The number of amides is 1. The summed E-state index contributed by atoms with van der Waals surface area (Å²) in [5.74, 6) is 0.309. The van der Waals surface area contributed by atoms with E-state index in [9.17, 15) is 13.2 Å². The van der Waals surface area contributed by atoms with E-state index >= 15 is 0 Å². The van der Waals surface area contributed by atoms with Crippen molar-refractivity contribution in [2.24, 2.45) is 0 Å². The highest BCUT2D eigenvalue weighted by Crippen LogP contribution is 2.40. The third-order valence-electron chi connectivity index (χ3n) is 5.83. The number of ether oxygens (including phenoxy) is 2. The fourth-order valence-electron chi connectivity index (χ4n) is 4.01. The number of aromatic nitrogens is 1. The van der Waals surface area contributed by atoms with Crippen molar-refractivity contribution < 1.29 is 22.7 Å². The highest BCUT2D eigenvalue weighted by Gasteiger charge is 2.36. The number of carbonyl (C=O) groups excluding carboxylic acids is 1. The van der Waals surface area contributed by atoms with Gasteiger partial charge < -0.3 is 14.8 Å². The number of benzene rings is 1. The van der Waals surface area contributed by atoms with Gasteiger partial charge in [0.25, 0.3) is 0 Å². The number of sulfone groups is 1. The Morgan fingerprint density at radius 1 is 1.25 bits per heavy atom.